The maximum absolute atomic E-state index is 5.60. The molecule has 1 aliphatic heterocycles. The van der Waals surface area contributed by atoms with Crippen molar-refractivity contribution in [3.8, 4) is 11.4 Å². The second-order valence-corrected chi connectivity index (χ2v) is 5.68. The molecular weight excluding hydrogens is 292 g/mol. The highest BCUT2D eigenvalue weighted by Crippen LogP contribution is 2.21. The highest BCUT2D eigenvalue weighted by Gasteiger charge is 2.25. The van der Waals surface area contributed by atoms with E-state index in [0.29, 0.717) is 18.3 Å². The molecule has 122 valence electrons. The molecule has 1 fully saturated rings. The van der Waals surface area contributed by atoms with Gasteiger partial charge in [-0.3, -0.25) is 4.98 Å². The summed E-state index contributed by atoms with van der Waals surface area (Å²) in [5.41, 5.74) is 1.66. The lowest BCUT2D eigenvalue weighted by Crippen LogP contribution is -2.31. The van der Waals surface area contributed by atoms with Crippen molar-refractivity contribution in [1.29, 1.82) is 0 Å². The van der Waals surface area contributed by atoms with Gasteiger partial charge in [-0.15, -0.1) is 0 Å². The molecule has 3 heterocycles. The standard InChI is InChI=1S/C17H22N4O2/c1-12-20-15(14-5-3-4-7-18-14)9-17(21-12)19-10-16(22-2)13-6-8-23-11-13/h3-5,7,9,13,16H,6,8,10-11H2,1-2H3,(H,19,20,21). The molecule has 0 saturated carbocycles. The molecule has 0 aromatic carbocycles. The number of aryl methyl sites for hydroxylation is 1. The third-order valence-electron chi connectivity index (χ3n) is 4.04. The van der Waals surface area contributed by atoms with E-state index in [2.05, 4.69) is 20.3 Å². The van der Waals surface area contributed by atoms with Gasteiger partial charge in [0, 0.05) is 38.4 Å². The zero-order valence-electron chi connectivity index (χ0n) is 13.5. The van der Waals surface area contributed by atoms with Crippen LogP contribution in [0.2, 0.25) is 0 Å². The van der Waals surface area contributed by atoms with Gasteiger partial charge < -0.3 is 14.8 Å². The Balaban J connectivity index is 1.71. The number of methoxy groups -OCH3 is 1. The van der Waals surface area contributed by atoms with Gasteiger partial charge in [0.05, 0.1) is 24.1 Å². The van der Waals surface area contributed by atoms with Gasteiger partial charge in [-0.25, -0.2) is 9.97 Å². The van der Waals surface area contributed by atoms with E-state index in [0.717, 1.165) is 36.8 Å². The van der Waals surface area contributed by atoms with E-state index in [1.165, 1.54) is 0 Å². The predicted molar refractivity (Wildman–Crippen MR) is 88.2 cm³/mol. The van der Waals surface area contributed by atoms with Crippen molar-refractivity contribution in [2.75, 3.05) is 32.2 Å². The Morgan fingerprint density at radius 3 is 2.96 bits per heavy atom. The summed E-state index contributed by atoms with van der Waals surface area (Å²) in [4.78, 5) is 13.3. The van der Waals surface area contributed by atoms with Crippen molar-refractivity contribution >= 4 is 5.82 Å². The molecule has 23 heavy (non-hydrogen) atoms. The van der Waals surface area contributed by atoms with Crippen molar-refractivity contribution < 1.29 is 9.47 Å². The van der Waals surface area contributed by atoms with Crippen LogP contribution in [0, 0.1) is 12.8 Å². The second-order valence-electron chi connectivity index (χ2n) is 5.68. The van der Waals surface area contributed by atoms with Gasteiger partial charge in [-0.05, 0) is 25.5 Å². The first-order chi connectivity index (χ1) is 11.3. The number of aromatic nitrogens is 3. The molecule has 0 radical (unpaired) electrons. The number of rotatable bonds is 6. The predicted octanol–water partition coefficient (Wildman–Crippen LogP) is 2.31. The lowest BCUT2D eigenvalue weighted by atomic mass is 10.0. The van der Waals surface area contributed by atoms with Crippen LogP contribution >= 0.6 is 0 Å². The summed E-state index contributed by atoms with van der Waals surface area (Å²) < 4.78 is 11.0. The fraction of sp³-hybridized carbons (Fsp3) is 0.471. The van der Waals surface area contributed by atoms with E-state index in [4.69, 9.17) is 9.47 Å². The first kappa shape index (κ1) is 15.8. The number of hydrogen-bond acceptors (Lipinski definition) is 6. The Hall–Kier alpha value is -2.05. The summed E-state index contributed by atoms with van der Waals surface area (Å²) in [5.74, 6) is 1.94. The molecule has 2 atom stereocenters. The number of hydrogen-bond donors (Lipinski definition) is 1. The smallest absolute Gasteiger partial charge is 0.130 e. The van der Waals surface area contributed by atoms with E-state index >= 15 is 0 Å². The average Bonchev–Trinajstić information content (AvgIpc) is 3.10. The Morgan fingerprint density at radius 2 is 2.26 bits per heavy atom. The molecular formula is C17H22N4O2. The number of anilines is 1. The lowest BCUT2D eigenvalue weighted by molar-refractivity contribution is 0.0546. The molecule has 6 heteroatoms. The van der Waals surface area contributed by atoms with Crippen molar-refractivity contribution in [3.63, 3.8) is 0 Å². The van der Waals surface area contributed by atoms with Crippen LogP contribution in [0.3, 0.4) is 0 Å². The lowest BCUT2D eigenvalue weighted by Gasteiger charge is -2.21. The minimum atomic E-state index is 0.117. The van der Waals surface area contributed by atoms with E-state index in [1.54, 1.807) is 13.3 Å². The van der Waals surface area contributed by atoms with Gasteiger partial charge in [0.2, 0.25) is 0 Å². The largest absolute Gasteiger partial charge is 0.381 e. The van der Waals surface area contributed by atoms with Crippen LogP contribution in [0.15, 0.2) is 30.5 Å². The molecule has 0 spiro atoms. The molecule has 0 amide bonds. The van der Waals surface area contributed by atoms with Crippen LogP contribution < -0.4 is 5.32 Å². The molecule has 2 unspecified atom stereocenters. The van der Waals surface area contributed by atoms with Crippen LogP contribution in [0.25, 0.3) is 11.4 Å². The average molecular weight is 314 g/mol. The van der Waals surface area contributed by atoms with Crippen LogP contribution in [-0.4, -0.2) is 47.9 Å². The highest BCUT2D eigenvalue weighted by atomic mass is 16.5. The fourth-order valence-electron chi connectivity index (χ4n) is 2.80. The maximum Gasteiger partial charge on any atom is 0.130 e. The van der Waals surface area contributed by atoms with Gasteiger partial charge in [-0.2, -0.15) is 0 Å². The van der Waals surface area contributed by atoms with Crippen LogP contribution in [0.4, 0.5) is 5.82 Å². The minimum Gasteiger partial charge on any atom is -0.381 e. The summed E-state index contributed by atoms with van der Waals surface area (Å²) in [7, 11) is 1.75. The molecule has 1 N–H and O–H groups in total. The molecule has 0 aliphatic carbocycles. The van der Waals surface area contributed by atoms with E-state index in [9.17, 15) is 0 Å². The third kappa shape index (κ3) is 4.03. The molecule has 2 aromatic heterocycles. The quantitative estimate of drug-likeness (QED) is 0.882. The van der Waals surface area contributed by atoms with E-state index < -0.39 is 0 Å². The Labute approximate surface area is 136 Å². The zero-order chi connectivity index (χ0) is 16.1. The highest BCUT2D eigenvalue weighted by molar-refractivity contribution is 5.58. The normalized spacial score (nSPS) is 18.8. The van der Waals surface area contributed by atoms with Gasteiger partial charge in [0.15, 0.2) is 0 Å². The number of pyridine rings is 1. The molecule has 0 bridgehead atoms. The summed E-state index contributed by atoms with van der Waals surface area (Å²) >= 11 is 0. The number of ether oxygens (including phenoxy) is 2. The maximum atomic E-state index is 5.60. The third-order valence-corrected chi connectivity index (χ3v) is 4.04. The van der Waals surface area contributed by atoms with Crippen LogP contribution in [0.5, 0.6) is 0 Å². The second kappa shape index (κ2) is 7.48. The SMILES string of the molecule is COC(CNc1cc(-c2ccccn2)nc(C)n1)C1CCOC1. The van der Waals surface area contributed by atoms with Gasteiger partial charge >= 0.3 is 0 Å². The summed E-state index contributed by atoms with van der Waals surface area (Å²) in [6, 6.07) is 7.71. The molecule has 3 rings (SSSR count). The molecule has 6 nitrogen and oxygen atoms in total. The van der Waals surface area contributed by atoms with E-state index in [-0.39, 0.29) is 6.10 Å². The molecule has 2 aromatic rings. The minimum absolute atomic E-state index is 0.117. The van der Waals surface area contributed by atoms with Gasteiger partial charge in [0.25, 0.3) is 0 Å². The number of nitrogens with one attached hydrogen (secondary N) is 1. The Morgan fingerprint density at radius 1 is 1.35 bits per heavy atom. The van der Waals surface area contributed by atoms with Crippen LogP contribution in [-0.2, 0) is 9.47 Å². The fourth-order valence-corrected chi connectivity index (χ4v) is 2.80. The van der Waals surface area contributed by atoms with E-state index in [1.807, 2.05) is 31.2 Å². The molecule has 1 aliphatic rings. The van der Waals surface area contributed by atoms with Gasteiger partial charge in [0.1, 0.15) is 11.6 Å². The first-order valence-corrected chi connectivity index (χ1v) is 7.88. The topological polar surface area (TPSA) is 69.2 Å². The van der Waals surface area contributed by atoms with Crippen molar-refractivity contribution in [2.24, 2.45) is 5.92 Å². The first-order valence-electron chi connectivity index (χ1n) is 7.88. The summed E-state index contributed by atoms with van der Waals surface area (Å²) in [6.45, 7) is 4.17. The monoisotopic (exact) mass is 314 g/mol. The zero-order valence-corrected chi connectivity index (χ0v) is 13.5. The van der Waals surface area contributed by atoms with Crippen molar-refractivity contribution in [3.05, 3.63) is 36.3 Å². The Kier molecular flexibility index (Phi) is 5.15. The van der Waals surface area contributed by atoms with Gasteiger partial charge in [-0.1, -0.05) is 6.07 Å². The van der Waals surface area contributed by atoms with Crippen LogP contribution in [0.1, 0.15) is 12.2 Å². The van der Waals surface area contributed by atoms with Crippen molar-refractivity contribution in [2.45, 2.75) is 19.4 Å². The molecule has 1 saturated heterocycles. The summed E-state index contributed by atoms with van der Waals surface area (Å²) in [6.07, 6.45) is 2.93. The number of nitrogens with zero attached hydrogens (tertiary/aromatic N) is 3. The Bertz CT molecular complexity index is 630. The van der Waals surface area contributed by atoms with Crippen molar-refractivity contribution in [1.82, 2.24) is 15.0 Å². The summed E-state index contributed by atoms with van der Waals surface area (Å²) in [5, 5.41) is 3.36.